The van der Waals surface area contributed by atoms with Gasteiger partial charge in [-0.05, 0) is 36.1 Å². The number of aliphatic carboxylic acids is 1. The highest BCUT2D eigenvalue weighted by Crippen LogP contribution is 2.35. The van der Waals surface area contributed by atoms with Gasteiger partial charge in [-0.2, -0.15) is 0 Å². The molecule has 0 aromatic heterocycles. The fraction of sp³-hybridized carbons (Fsp3) is 0.550. The predicted molar refractivity (Wildman–Crippen MR) is 107 cm³/mol. The highest BCUT2D eigenvalue weighted by Gasteiger charge is 2.34. The lowest BCUT2D eigenvalue weighted by molar-refractivity contribution is -0.137. The molecule has 2 rings (SSSR count). The van der Waals surface area contributed by atoms with Crippen molar-refractivity contribution in [1.82, 2.24) is 10.6 Å². The first-order valence-electron chi connectivity index (χ1n) is 9.75. The lowest BCUT2D eigenvalue weighted by atomic mass is 9.75. The zero-order valence-corrected chi connectivity index (χ0v) is 16.6. The second kappa shape index (κ2) is 10.5. The second-order valence-electron chi connectivity index (χ2n) is 7.68. The SMILES string of the molecule is CC1(C(=O)NCc2ccc(C(=O)N[C@H](CN=[N+]=[N-])CC(=O)O)cc2)CCCCC1. The van der Waals surface area contributed by atoms with Crippen molar-refractivity contribution in [3.8, 4) is 0 Å². The van der Waals surface area contributed by atoms with Gasteiger partial charge >= 0.3 is 5.97 Å². The molecule has 1 aromatic rings. The number of azide groups is 1. The van der Waals surface area contributed by atoms with Gasteiger partial charge in [0.15, 0.2) is 0 Å². The molecule has 0 heterocycles. The number of hydrogen-bond acceptors (Lipinski definition) is 4. The van der Waals surface area contributed by atoms with E-state index in [1.54, 1.807) is 24.3 Å². The topological polar surface area (TPSA) is 144 Å². The summed E-state index contributed by atoms with van der Waals surface area (Å²) >= 11 is 0. The highest BCUT2D eigenvalue weighted by atomic mass is 16.4. The van der Waals surface area contributed by atoms with Crippen molar-refractivity contribution in [2.24, 2.45) is 10.5 Å². The van der Waals surface area contributed by atoms with E-state index >= 15 is 0 Å². The number of carbonyl (C=O) groups excluding carboxylic acids is 2. The molecule has 0 spiro atoms. The minimum atomic E-state index is -1.10. The van der Waals surface area contributed by atoms with Crippen LogP contribution in [0.4, 0.5) is 0 Å². The van der Waals surface area contributed by atoms with E-state index in [1.165, 1.54) is 6.42 Å². The summed E-state index contributed by atoms with van der Waals surface area (Å²) in [5.41, 5.74) is 9.31. The standard InChI is InChI=1S/C20H27N5O4/c1-20(9-3-2-4-10-20)19(29)22-12-14-5-7-15(8-6-14)18(28)24-16(11-17(26)27)13-23-25-21/h5-8,16H,2-4,9-13H2,1H3,(H,22,29)(H,24,28)(H,26,27)/t16-/m0/s1. The average Bonchev–Trinajstić information content (AvgIpc) is 2.70. The molecule has 1 aliphatic carbocycles. The van der Waals surface area contributed by atoms with Crippen LogP contribution in [0.25, 0.3) is 10.4 Å². The van der Waals surface area contributed by atoms with Crippen molar-refractivity contribution in [3.05, 3.63) is 45.8 Å². The van der Waals surface area contributed by atoms with Crippen molar-refractivity contribution in [1.29, 1.82) is 0 Å². The molecule has 1 fully saturated rings. The van der Waals surface area contributed by atoms with Crippen LogP contribution in [0.3, 0.4) is 0 Å². The monoisotopic (exact) mass is 401 g/mol. The molecule has 1 atom stereocenters. The third-order valence-electron chi connectivity index (χ3n) is 5.30. The molecule has 0 saturated heterocycles. The van der Waals surface area contributed by atoms with Crippen LogP contribution in [0.1, 0.15) is 61.4 Å². The molecule has 9 heteroatoms. The Morgan fingerprint density at radius 2 is 1.86 bits per heavy atom. The van der Waals surface area contributed by atoms with Gasteiger partial charge in [-0.1, -0.05) is 43.4 Å². The number of hydrogen-bond donors (Lipinski definition) is 3. The fourth-order valence-corrected chi connectivity index (χ4v) is 3.50. The van der Waals surface area contributed by atoms with Gasteiger partial charge in [-0.15, -0.1) is 0 Å². The first-order chi connectivity index (χ1) is 13.8. The Labute approximate surface area is 169 Å². The van der Waals surface area contributed by atoms with E-state index in [4.69, 9.17) is 10.6 Å². The average molecular weight is 401 g/mol. The molecule has 1 saturated carbocycles. The van der Waals surface area contributed by atoms with E-state index in [2.05, 4.69) is 20.7 Å². The first-order valence-corrected chi connectivity index (χ1v) is 9.75. The number of rotatable bonds is 9. The number of amides is 2. The Morgan fingerprint density at radius 3 is 2.45 bits per heavy atom. The Hall–Kier alpha value is -3.06. The lowest BCUT2D eigenvalue weighted by Crippen LogP contribution is -2.40. The maximum absolute atomic E-state index is 12.5. The van der Waals surface area contributed by atoms with Crippen molar-refractivity contribution >= 4 is 17.8 Å². The van der Waals surface area contributed by atoms with Crippen molar-refractivity contribution in [2.45, 2.75) is 58.0 Å². The van der Waals surface area contributed by atoms with Gasteiger partial charge in [0.1, 0.15) is 0 Å². The molecule has 1 aliphatic rings. The van der Waals surface area contributed by atoms with Crippen molar-refractivity contribution < 1.29 is 19.5 Å². The molecule has 29 heavy (non-hydrogen) atoms. The van der Waals surface area contributed by atoms with E-state index in [9.17, 15) is 14.4 Å². The molecule has 3 N–H and O–H groups in total. The smallest absolute Gasteiger partial charge is 0.305 e. The van der Waals surface area contributed by atoms with E-state index in [1.807, 2.05) is 6.92 Å². The number of benzene rings is 1. The van der Waals surface area contributed by atoms with E-state index in [-0.39, 0.29) is 24.3 Å². The zero-order chi connectivity index (χ0) is 21.3. The van der Waals surface area contributed by atoms with Gasteiger partial charge in [-0.3, -0.25) is 14.4 Å². The van der Waals surface area contributed by atoms with E-state index in [0.29, 0.717) is 12.1 Å². The van der Waals surface area contributed by atoms with Gasteiger partial charge in [0.05, 0.1) is 6.42 Å². The first kappa shape index (κ1) is 22.2. The molecule has 0 aliphatic heterocycles. The molecule has 1 aromatic carbocycles. The van der Waals surface area contributed by atoms with Gasteiger partial charge in [0, 0.05) is 35.0 Å². The van der Waals surface area contributed by atoms with Crippen LogP contribution < -0.4 is 10.6 Å². The maximum Gasteiger partial charge on any atom is 0.305 e. The van der Waals surface area contributed by atoms with Crippen LogP contribution in [0, 0.1) is 5.41 Å². The van der Waals surface area contributed by atoms with Crippen LogP contribution in [-0.2, 0) is 16.1 Å². The van der Waals surface area contributed by atoms with Crippen LogP contribution in [0.2, 0.25) is 0 Å². The largest absolute Gasteiger partial charge is 0.481 e. The van der Waals surface area contributed by atoms with Crippen LogP contribution in [0.5, 0.6) is 0 Å². The second-order valence-corrected chi connectivity index (χ2v) is 7.68. The van der Waals surface area contributed by atoms with Crippen LogP contribution >= 0.6 is 0 Å². The molecule has 2 amide bonds. The quantitative estimate of drug-likeness (QED) is 0.331. The summed E-state index contributed by atoms with van der Waals surface area (Å²) in [5.74, 6) is -1.48. The number of carboxylic acids is 1. The van der Waals surface area contributed by atoms with Gasteiger partial charge in [0.2, 0.25) is 5.91 Å². The van der Waals surface area contributed by atoms with Gasteiger partial charge in [0.25, 0.3) is 5.91 Å². The summed E-state index contributed by atoms with van der Waals surface area (Å²) in [6.45, 7) is 2.26. The van der Waals surface area contributed by atoms with E-state index < -0.39 is 17.9 Å². The summed E-state index contributed by atoms with van der Waals surface area (Å²) in [6.07, 6.45) is 4.82. The molecule has 9 nitrogen and oxygen atoms in total. The van der Waals surface area contributed by atoms with Crippen molar-refractivity contribution in [2.75, 3.05) is 6.54 Å². The number of carbonyl (C=O) groups is 3. The zero-order valence-electron chi connectivity index (χ0n) is 16.6. The predicted octanol–water partition coefficient (Wildman–Crippen LogP) is 3.16. The minimum absolute atomic E-state index is 0.0635. The Kier molecular flexibility index (Phi) is 8.03. The minimum Gasteiger partial charge on any atom is -0.481 e. The van der Waals surface area contributed by atoms with E-state index in [0.717, 1.165) is 31.2 Å². The fourth-order valence-electron chi connectivity index (χ4n) is 3.50. The summed E-state index contributed by atoms with van der Waals surface area (Å²) in [7, 11) is 0. The molecular weight excluding hydrogens is 374 g/mol. The molecular formula is C20H27N5O4. The number of nitrogens with zero attached hydrogens (tertiary/aromatic N) is 3. The molecule has 0 bridgehead atoms. The van der Waals surface area contributed by atoms with Crippen molar-refractivity contribution in [3.63, 3.8) is 0 Å². The number of nitrogens with one attached hydrogen (secondary N) is 2. The normalized spacial score (nSPS) is 16.2. The summed E-state index contributed by atoms with van der Waals surface area (Å²) in [5, 5.41) is 17.8. The summed E-state index contributed by atoms with van der Waals surface area (Å²) < 4.78 is 0. The Bertz CT molecular complexity index is 777. The summed E-state index contributed by atoms with van der Waals surface area (Å²) in [6, 6.07) is 5.94. The van der Waals surface area contributed by atoms with Crippen LogP contribution in [0.15, 0.2) is 29.4 Å². The number of carboxylic acid groups (broad SMARTS) is 1. The Balaban J connectivity index is 1.91. The van der Waals surface area contributed by atoms with Gasteiger partial charge in [-0.25, -0.2) is 0 Å². The highest BCUT2D eigenvalue weighted by molar-refractivity contribution is 5.94. The third-order valence-corrected chi connectivity index (χ3v) is 5.30. The lowest BCUT2D eigenvalue weighted by Gasteiger charge is -2.32. The Morgan fingerprint density at radius 1 is 1.21 bits per heavy atom. The third kappa shape index (κ3) is 6.80. The summed E-state index contributed by atoms with van der Waals surface area (Å²) in [4.78, 5) is 38.3. The maximum atomic E-state index is 12.5. The molecule has 0 radical (unpaired) electrons. The van der Waals surface area contributed by atoms with Crippen LogP contribution in [-0.4, -0.2) is 35.5 Å². The van der Waals surface area contributed by atoms with Gasteiger partial charge < -0.3 is 15.7 Å². The molecule has 156 valence electrons. The molecule has 0 unspecified atom stereocenters.